The summed E-state index contributed by atoms with van der Waals surface area (Å²) < 4.78 is 5.26. The molecule has 1 heterocycles. The van der Waals surface area contributed by atoms with E-state index < -0.39 is 6.03 Å². The number of allylic oxidation sites excluding steroid dienone is 6. The van der Waals surface area contributed by atoms with E-state index in [1.165, 1.54) is 14.0 Å². The highest BCUT2D eigenvalue weighted by atomic mass is 16.5. The maximum atomic E-state index is 12.1. The van der Waals surface area contributed by atoms with Crippen molar-refractivity contribution in [3.63, 3.8) is 0 Å². The molecule has 1 saturated heterocycles. The number of ketones is 1. The predicted octanol–water partition coefficient (Wildman–Crippen LogP) is 4.84. The lowest BCUT2D eigenvalue weighted by atomic mass is 9.74. The van der Waals surface area contributed by atoms with Crippen LogP contribution in [0.2, 0.25) is 0 Å². The summed E-state index contributed by atoms with van der Waals surface area (Å²) in [5, 5.41) is 11.7. The van der Waals surface area contributed by atoms with Crippen molar-refractivity contribution < 1.29 is 19.5 Å². The van der Waals surface area contributed by atoms with Gasteiger partial charge >= 0.3 is 6.03 Å². The van der Waals surface area contributed by atoms with Gasteiger partial charge in [0.05, 0.1) is 18.5 Å². The van der Waals surface area contributed by atoms with Crippen molar-refractivity contribution in [2.45, 2.75) is 40.5 Å². The van der Waals surface area contributed by atoms with E-state index in [0.717, 1.165) is 28.3 Å². The lowest BCUT2D eigenvalue weighted by Crippen LogP contribution is -2.46. The number of methoxy groups -OCH3 is 1. The number of Topliss-reactive ketones (excluding diaryl/α,β-unsaturated/α-hetero) is 1. The van der Waals surface area contributed by atoms with Crippen molar-refractivity contribution in [3.05, 3.63) is 71.5 Å². The molecule has 3 N–H and O–H groups in total. The number of carbonyl (C=O) groups excluding carboxylic acids is 2. The Hall–Kier alpha value is -3.36. The molecule has 0 saturated carbocycles. The number of likely N-dealkylation sites (tertiary alicyclic amines) is 1. The van der Waals surface area contributed by atoms with Gasteiger partial charge < -0.3 is 9.64 Å². The van der Waals surface area contributed by atoms with Crippen LogP contribution in [-0.4, -0.2) is 54.2 Å². The molecule has 1 aliphatic rings. The number of hydrazine groups is 1. The summed E-state index contributed by atoms with van der Waals surface area (Å²) in [5.41, 5.74) is 3.66. The number of ether oxygens (including phenoxy) is 1. The molecule has 35 heavy (non-hydrogen) atoms. The minimum absolute atomic E-state index is 0.00564. The Labute approximate surface area is 208 Å². The minimum atomic E-state index is -0.409. The van der Waals surface area contributed by atoms with Crippen LogP contribution < -0.4 is 15.6 Å². The predicted molar refractivity (Wildman–Crippen MR) is 139 cm³/mol. The molecule has 0 unspecified atom stereocenters. The van der Waals surface area contributed by atoms with Crippen LogP contribution in [0.4, 0.5) is 10.5 Å². The molecule has 1 aromatic rings. The standard InChI is InChI=1S/C27H38N4O4/c1-19(22(4)32)8-9-20(2)25(31(28)23-10-12-24(35-7)13-11-23)18-21(3)27(5)14-16-30(17-15-27)26(33)29(6)34/h8-13,18,34H,3,14-17,28H2,1-2,4-7H3/b19-8+,20-9+,25-18-. The van der Waals surface area contributed by atoms with E-state index in [9.17, 15) is 14.8 Å². The van der Waals surface area contributed by atoms with Gasteiger partial charge in [0.15, 0.2) is 5.78 Å². The fraction of sp³-hybridized carbons (Fsp3) is 0.407. The number of rotatable bonds is 8. The lowest BCUT2D eigenvalue weighted by molar-refractivity contribution is -0.113. The SMILES string of the molecule is C=C(/C=C(/C(C)=C/C=C(\C)C(C)=O)N(N)c1ccc(OC)cc1)C1(C)CCN(C(=O)N(C)O)CC1. The van der Waals surface area contributed by atoms with E-state index in [4.69, 9.17) is 10.6 Å². The van der Waals surface area contributed by atoms with E-state index in [0.29, 0.717) is 36.6 Å². The first-order chi connectivity index (χ1) is 16.4. The number of nitrogens with two attached hydrogens (primary N) is 1. The van der Waals surface area contributed by atoms with Crippen LogP contribution >= 0.6 is 0 Å². The first-order valence-electron chi connectivity index (χ1n) is 11.6. The van der Waals surface area contributed by atoms with Gasteiger partial charge in [-0.2, -0.15) is 0 Å². The van der Waals surface area contributed by atoms with Gasteiger partial charge in [-0.25, -0.2) is 15.7 Å². The zero-order valence-corrected chi connectivity index (χ0v) is 21.7. The molecule has 0 aromatic heterocycles. The maximum absolute atomic E-state index is 12.1. The molecule has 0 spiro atoms. The molecule has 8 heteroatoms. The summed E-state index contributed by atoms with van der Waals surface area (Å²) in [5.74, 6) is 7.32. The van der Waals surface area contributed by atoms with E-state index in [2.05, 4.69) is 13.5 Å². The zero-order valence-electron chi connectivity index (χ0n) is 21.7. The van der Waals surface area contributed by atoms with Crippen molar-refractivity contribution >= 4 is 17.5 Å². The number of hydrogen-bond acceptors (Lipinski definition) is 6. The van der Waals surface area contributed by atoms with Crippen LogP contribution in [0.15, 0.2) is 71.5 Å². The largest absolute Gasteiger partial charge is 0.497 e. The molecule has 1 fully saturated rings. The Morgan fingerprint density at radius 2 is 1.66 bits per heavy atom. The van der Waals surface area contributed by atoms with Crippen LogP contribution in [0.3, 0.4) is 0 Å². The molecule has 0 atom stereocenters. The Morgan fingerprint density at radius 1 is 1.11 bits per heavy atom. The number of hydrogen-bond donors (Lipinski definition) is 2. The van der Waals surface area contributed by atoms with E-state index in [-0.39, 0.29) is 11.2 Å². The highest BCUT2D eigenvalue weighted by Crippen LogP contribution is 2.39. The minimum Gasteiger partial charge on any atom is -0.497 e. The van der Waals surface area contributed by atoms with Crippen LogP contribution in [-0.2, 0) is 4.79 Å². The molecule has 190 valence electrons. The summed E-state index contributed by atoms with van der Waals surface area (Å²) in [6.45, 7) is 12.8. The Bertz CT molecular complexity index is 1030. The number of piperidine rings is 1. The molecule has 1 aromatic carbocycles. The third-order valence-corrected chi connectivity index (χ3v) is 6.65. The molecule has 2 amide bonds. The molecule has 8 nitrogen and oxygen atoms in total. The number of nitrogens with zero attached hydrogens (tertiary/aromatic N) is 3. The first kappa shape index (κ1) is 27.9. The second kappa shape index (κ2) is 11.9. The number of hydroxylamine groups is 2. The smallest absolute Gasteiger partial charge is 0.343 e. The topological polar surface area (TPSA) is 99.3 Å². The van der Waals surface area contributed by atoms with Crippen molar-refractivity contribution in [1.29, 1.82) is 0 Å². The fourth-order valence-electron chi connectivity index (χ4n) is 3.76. The van der Waals surface area contributed by atoms with Crippen molar-refractivity contribution in [1.82, 2.24) is 9.96 Å². The number of amides is 2. The van der Waals surface area contributed by atoms with Gasteiger partial charge in [0, 0.05) is 20.1 Å². The Kier molecular flexibility index (Phi) is 9.45. The van der Waals surface area contributed by atoms with Gasteiger partial charge in [-0.3, -0.25) is 15.0 Å². The normalized spacial score (nSPS) is 16.6. The van der Waals surface area contributed by atoms with E-state index in [1.807, 2.05) is 43.3 Å². The monoisotopic (exact) mass is 482 g/mol. The van der Waals surface area contributed by atoms with E-state index >= 15 is 0 Å². The first-order valence-corrected chi connectivity index (χ1v) is 11.6. The maximum Gasteiger partial charge on any atom is 0.343 e. The van der Waals surface area contributed by atoms with Gasteiger partial charge in [0.1, 0.15) is 5.75 Å². The van der Waals surface area contributed by atoms with Gasteiger partial charge in [0.2, 0.25) is 0 Å². The number of urea groups is 1. The van der Waals surface area contributed by atoms with Gasteiger partial charge in [-0.15, -0.1) is 0 Å². The average Bonchev–Trinajstić information content (AvgIpc) is 2.84. The summed E-state index contributed by atoms with van der Waals surface area (Å²) >= 11 is 0. The molecule has 0 bridgehead atoms. The fourth-order valence-corrected chi connectivity index (χ4v) is 3.76. The second-order valence-electron chi connectivity index (χ2n) is 9.23. The van der Waals surface area contributed by atoms with Crippen molar-refractivity contribution in [3.8, 4) is 5.75 Å². The summed E-state index contributed by atoms with van der Waals surface area (Å²) in [6, 6.07) is 7.01. The average molecular weight is 483 g/mol. The number of carbonyl (C=O) groups is 2. The van der Waals surface area contributed by atoms with Gasteiger partial charge in [-0.05, 0) is 86.1 Å². The van der Waals surface area contributed by atoms with Gasteiger partial charge in [-0.1, -0.05) is 25.7 Å². The highest BCUT2D eigenvalue weighted by Gasteiger charge is 2.34. The molecule has 0 aliphatic carbocycles. The van der Waals surface area contributed by atoms with Crippen molar-refractivity contribution in [2.75, 3.05) is 32.3 Å². The number of anilines is 1. The summed E-state index contributed by atoms with van der Waals surface area (Å²) in [7, 11) is 2.94. The quantitative estimate of drug-likeness (QED) is 0.181. The van der Waals surface area contributed by atoms with Crippen molar-refractivity contribution in [2.24, 2.45) is 11.3 Å². The van der Waals surface area contributed by atoms with Gasteiger partial charge in [0.25, 0.3) is 0 Å². The molecular formula is C27H38N4O4. The van der Waals surface area contributed by atoms with Crippen LogP contribution in [0.1, 0.15) is 40.5 Å². The zero-order chi connectivity index (χ0) is 26.3. The number of benzene rings is 1. The second-order valence-corrected chi connectivity index (χ2v) is 9.23. The summed E-state index contributed by atoms with van der Waals surface area (Å²) in [6.07, 6.45) is 7.04. The highest BCUT2D eigenvalue weighted by molar-refractivity contribution is 5.92. The lowest BCUT2D eigenvalue weighted by Gasteiger charge is -2.40. The molecule has 1 aliphatic heterocycles. The van der Waals surface area contributed by atoms with Crippen LogP contribution in [0.25, 0.3) is 0 Å². The molecule has 0 radical (unpaired) electrons. The van der Waals surface area contributed by atoms with Crippen LogP contribution in [0.5, 0.6) is 5.75 Å². The Balaban J connectivity index is 2.39. The van der Waals surface area contributed by atoms with Crippen LogP contribution in [0, 0.1) is 5.41 Å². The molecule has 2 rings (SSSR count). The van der Waals surface area contributed by atoms with E-state index in [1.54, 1.807) is 30.0 Å². The summed E-state index contributed by atoms with van der Waals surface area (Å²) in [4.78, 5) is 25.4. The third-order valence-electron chi connectivity index (χ3n) is 6.65. The Morgan fingerprint density at radius 3 is 2.14 bits per heavy atom. The molecular weight excluding hydrogens is 444 g/mol. The third kappa shape index (κ3) is 7.07.